The van der Waals surface area contributed by atoms with Gasteiger partial charge in [-0.25, -0.2) is 0 Å². The molecule has 0 radical (unpaired) electrons. The molecular weight excluding hydrogens is 372 g/mol. The largest absolute Gasteiger partial charge is 0.468 e. The number of nitrogens with zero attached hydrogens (tertiary/aromatic N) is 1. The van der Waals surface area contributed by atoms with E-state index in [1.807, 2.05) is 56.3 Å². The molecule has 0 bridgehead atoms. The van der Waals surface area contributed by atoms with Crippen LogP contribution in [0.4, 0.5) is 0 Å². The zero-order valence-electron chi connectivity index (χ0n) is 13.8. The Bertz CT molecular complexity index is 853. The molecular formula is C18H19BrN2O3. The highest BCUT2D eigenvalue weighted by atomic mass is 79.9. The highest BCUT2D eigenvalue weighted by Gasteiger charge is 2.21. The Balaban J connectivity index is 1.78. The van der Waals surface area contributed by atoms with E-state index >= 15 is 0 Å². The van der Waals surface area contributed by atoms with Crippen molar-refractivity contribution in [3.63, 3.8) is 0 Å². The van der Waals surface area contributed by atoms with Crippen LogP contribution in [0.3, 0.4) is 0 Å². The molecule has 1 amide bonds. The second-order valence-electron chi connectivity index (χ2n) is 5.90. The lowest BCUT2D eigenvalue weighted by molar-refractivity contribution is 0.0912. The lowest BCUT2D eigenvalue weighted by Crippen LogP contribution is -2.34. The Morgan fingerprint density at radius 3 is 2.79 bits per heavy atom. The number of aryl methyl sites for hydroxylation is 1. The number of rotatable bonds is 5. The number of carbonyl (C=O) groups excluding carboxylic acids is 1. The molecule has 3 rings (SSSR count). The van der Waals surface area contributed by atoms with Crippen molar-refractivity contribution >= 4 is 32.8 Å². The van der Waals surface area contributed by atoms with Crippen molar-refractivity contribution in [2.45, 2.75) is 13.0 Å². The zero-order chi connectivity index (χ0) is 17.3. The fourth-order valence-corrected chi connectivity index (χ4v) is 3.04. The topological polar surface area (TPSA) is 58.6 Å². The lowest BCUT2D eigenvalue weighted by atomic mass is 10.1. The Kier molecular flexibility index (Phi) is 4.78. The van der Waals surface area contributed by atoms with Crippen LogP contribution in [0, 0.1) is 6.92 Å². The molecule has 0 saturated carbocycles. The predicted molar refractivity (Wildman–Crippen MR) is 96.1 cm³/mol. The van der Waals surface area contributed by atoms with Gasteiger partial charge in [0.25, 0.3) is 5.91 Å². The summed E-state index contributed by atoms with van der Waals surface area (Å²) in [4.78, 5) is 14.6. The average Bonchev–Trinajstić information content (AvgIpc) is 3.15. The van der Waals surface area contributed by atoms with Crippen LogP contribution in [-0.4, -0.2) is 31.4 Å². The fourth-order valence-electron chi connectivity index (χ4n) is 2.70. The van der Waals surface area contributed by atoms with E-state index in [4.69, 9.17) is 8.83 Å². The van der Waals surface area contributed by atoms with Crippen LogP contribution in [0.5, 0.6) is 0 Å². The van der Waals surface area contributed by atoms with Crippen molar-refractivity contribution in [2.24, 2.45) is 0 Å². The van der Waals surface area contributed by atoms with Crippen LogP contribution in [0.15, 0.2) is 49.9 Å². The number of hydrogen-bond donors (Lipinski definition) is 1. The summed E-state index contributed by atoms with van der Waals surface area (Å²) >= 11 is 3.41. The number of hydrogen-bond acceptors (Lipinski definition) is 4. The zero-order valence-corrected chi connectivity index (χ0v) is 15.4. The van der Waals surface area contributed by atoms with Crippen LogP contribution in [0.2, 0.25) is 0 Å². The third-order valence-corrected chi connectivity index (χ3v) is 4.55. The van der Waals surface area contributed by atoms with E-state index in [9.17, 15) is 4.79 Å². The monoisotopic (exact) mass is 390 g/mol. The second-order valence-corrected chi connectivity index (χ2v) is 6.82. The predicted octanol–water partition coefficient (Wildman–Crippen LogP) is 4.13. The van der Waals surface area contributed by atoms with Crippen LogP contribution in [-0.2, 0) is 0 Å². The highest BCUT2D eigenvalue weighted by molar-refractivity contribution is 9.10. The number of carbonyl (C=O) groups is 1. The van der Waals surface area contributed by atoms with Crippen molar-refractivity contribution in [3.05, 3.63) is 58.2 Å². The first-order valence-electron chi connectivity index (χ1n) is 7.64. The Hall–Kier alpha value is -2.05. The standard InChI is InChI=1S/C18H19BrN2O3/c1-11-13-7-6-12(19)9-16(13)24-17(11)18(22)20-10-14(21(2)3)15-5-4-8-23-15/h4-9,14H,10H2,1-3H3,(H,20,22)/t14-/m0/s1. The van der Waals surface area contributed by atoms with Crippen LogP contribution in [0.1, 0.15) is 27.9 Å². The van der Waals surface area contributed by atoms with E-state index in [2.05, 4.69) is 21.2 Å². The van der Waals surface area contributed by atoms with Gasteiger partial charge in [0.1, 0.15) is 11.3 Å². The molecule has 5 nitrogen and oxygen atoms in total. The van der Waals surface area contributed by atoms with Gasteiger partial charge in [0, 0.05) is 22.0 Å². The third kappa shape index (κ3) is 3.25. The SMILES string of the molecule is Cc1c(C(=O)NC[C@@H](c2ccco2)N(C)C)oc2cc(Br)ccc12. The number of furan rings is 2. The minimum absolute atomic E-state index is 0.0391. The Morgan fingerprint density at radius 2 is 2.12 bits per heavy atom. The van der Waals surface area contributed by atoms with Crippen molar-refractivity contribution in [2.75, 3.05) is 20.6 Å². The summed E-state index contributed by atoms with van der Waals surface area (Å²) in [6.07, 6.45) is 1.63. The molecule has 0 saturated heterocycles. The maximum absolute atomic E-state index is 12.6. The van der Waals surface area contributed by atoms with Crippen LogP contribution in [0.25, 0.3) is 11.0 Å². The van der Waals surface area contributed by atoms with Crippen molar-refractivity contribution in [3.8, 4) is 0 Å². The summed E-state index contributed by atoms with van der Waals surface area (Å²) in [6.45, 7) is 2.32. The summed E-state index contributed by atoms with van der Waals surface area (Å²) in [6, 6.07) is 9.45. The molecule has 1 aromatic carbocycles. The van der Waals surface area contributed by atoms with Crippen molar-refractivity contribution in [1.82, 2.24) is 10.2 Å². The van der Waals surface area contributed by atoms with Gasteiger partial charge in [0.2, 0.25) is 0 Å². The minimum atomic E-state index is -0.224. The first-order valence-corrected chi connectivity index (χ1v) is 8.43. The molecule has 1 atom stereocenters. The second kappa shape index (κ2) is 6.83. The van der Waals surface area contributed by atoms with Crippen LogP contribution >= 0.6 is 15.9 Å². The molecule has 0 spiro atoms. The van der Waals surface area contributed by atoms with E-state index in [-0.39, 0.29) is 11.9 Å². The molecule has 2 heterocycles. The maximum Gasteiger partial charge on any atom is 0.287 e. The molecule has 3 aromatic rings. The lowest BCUT2D eigenvalue weighted by Gasteiger charge is -2.22. The molecule has 0 aliphatic rings. The van der Waals surface area contributed by atoms with Gasteiger partial charge in [-0.2, -0.15) is 0 Å². The maximum atomic E-state index is 12.6. The normalized spacial score (nSPS) is 12.7. The van der Waals surface area contributed by atoms with Gasteiger partial charge in [-0.05, 0) is 51.4 Å². The molecule has 0 fully saturated rings. The van der Waals surface area contributed by atoms with E-state index in [0.717, 1.165) is 21.2 Å². The smallest absolute Gasteiger partial charge is 0.287 e. The number of fused-ring (bicyclic) bond motifs is 1. The summed E-state index contributed by atoms with van der Waals surface area (Å²) in [5.41, 5.74) is 1.54. The van der Waals surface area contributed by atoms with E-state index < -0.39 is 0 Å². The number of nitrogens with one attached hydrogen (secondary N) is 1. The molecule has 0 aliphatic carbocycles. The third-order valence-electron chi connectivity index (χ3n) is 4.06. The van der Waals surface area contributed by atoms with Crippen molar-refractivity contribution in [1.29, 1.82) is 0 Å². The number of halogens is 1. The van der Waals surface area contributed by atoms with Gasteiger partial charge in [-0.3, -0.25) is 9.69 Å². The van der Waals surface area contributed by atoms with Gasteiger partial charge in [-0.1, -0.05) is 15.9 Å². The molecule has 0 unspecified atom stereocenters. The van der Waals surface area contributed by atoms with Gasteiger partial charge in [0.05, 0.1) is 12.3 Å². The fraction of sp³-hybridized carbons (Fsp3) is 0.278. The van der Waals surface area contributed by atoms with Crippen molar-refractivity contribution < 1.29 is 13.6 Å². The number of benzene rings is 1. The van der Waals surface area contributed by atoms with E-state index in [1.54, 1.807) is 6.26 Å². The highest BCUT2D eigenvalue weighted by Crippen LogP contribution is 2.28. The van der Waals surface area contributed by atoms with Crippen LogP contribution < -0.4 is 5.32 Å². The van der Waals surface area contributed by atoms with Gasteiger partial charge in [-0.15, -0.1) is 0 Å². The molecule has 6 heteroatoms. The first kappa shape index (κ1) is 16.8. The van der Waals surface area contributed by atoms with E-state index in [1.165, 1.54) is 0 Å². The number of likely N-dealkylation sites (N-methyl/N-ethyl adjacent to an activating group) is 1. The summed E-state index contributed by atoms with van der Waals surface area (Å²) in [7, 11) is 3.90. The summed E-state index contributed by atoms with van der Waals surface area (Å²) < 4.78 is 12.1. The minimum Gasteiger partial charge on any atom is -0.468 e. The Morgan fingerprint density at radius 1 is 1.33 bits per heavy atom. The van der Waals surface area contributed by atoms with Gasteiger partial charge in [0.15, 0.2) is 5.76 Å². The summed E-state index contributed by atoms with van der Waals surface area (Å²) in [5.74, 6) is 0.934. The van der Waals surface area contributed by atoms with Gasteiger partial charge < -0.3 is 14.2 Å². The van der Waals surface area contributed by atoms with Gasteiger partial charge >= 0.3 is 0 Å². The quantitative estimate of drug-likeness (QED) is 0.711. The number of amides is 1. The first-order chi connectivity index (χ1) is 11.5. The molecule has 2 aromatic heterocycles. The summed E-state index contributed by atoms with van der Waals surface area (Å²) in [5, 5.41) is 3.88. The Labute approximate surface area is 148 Å². The van der Waals surface area contributed by atoms with E-state index in [0.29, 0.717) is 17.9 Å². The molecule has 0 aliphatic heterocycles. The molecule has 1 N–H and O–H groups in total. The average molecular weight is 391 g/mol. The molecule has 24 heavy (non-hydrogen) atoms. The molecule has 126 valence electrons.